The van der Waals surface area contributed by atoms with E-state index in [1.54, 1.807) is 7.11 Å². The highest BCUT2D eigenvalue weighted by Crippen LogP contribution is 2.29. The Morgan fingerprint density at radius 3 is 2.82 bits per heavy atom. The van der Waals surface area contributed by atoms with Crippen LogP contribution in [0.5, 0.6) is 5.75 Å². The fourth-order valence-corrected chi connectivity index (χ4v) is 2.62. The third-order valence-corrected chi connectivity index (χ3v) is 3.62. The molecular formula is C17H16N2O3. The van der Waals surface area contributed by atoms with E-state index < -0.39 is 5.97 Å². The lowest BCUT2D eigenvalue weighted by Crippen LogP contribution is -2.04. The van der Waals surface area contributed by atoms with Gasteiger partial charge in [-0.2, -0.15) is 0 Å². The molecule has 1 N–H and O–H groups in total. The second kappa shape index (κ2) is 5.52. The highest BCUT2D eigenvalue weighted by Gasteiger charge is 2.17. The molecule has 0 aliphatic carbocycles. The van der Waals surface area contributed by atoms with Crippen molar-refractivity contribution >= 4 is 11.6 Å². The summed E-state index contributed by atoms with van der Waals surface area (Å²) in [7, 11) is 1.63. The van der Waals surface area contributed by atoms with Gasteiger partial charge < -0.3 is 14.2 Å². The molecule has 0 saturated carbocycles. The Morgan fingerprint density at radius 1 is 1.32 bits per heavy atom. The third kappa shape index (κ3) is 2.41. The molecule has 1 aromatic carbocycles. The number of aryl methyl sites for hydroxylation is 1. The van der Waals surface area contributed by atoms with Crippen LogP contribution in [0.2, 0.25) is 0 Å². The van der Waals surface area contributed by atoms with Gasteiger partial charge in [-0.25, -0.2) is 4.98 Å². The molecule has 5 nitrogen and oxygen atoms in total. The monoisotopic (exact) mass is 296 g/mol. The molecule has 0 saturated heterocycles. The SMILES string of the molecule is COc1ccc(-c2nc3ccccn3c2CC(=O)O)cc1C. The average molecular weight is 296 g/mol. The smallest absolute Gasteiger partial charge is 0.309 e. The molecular weight excluding hydrogens is 280 g/mol. The minimum atomic E-state index is -0.878. The first-order valence-electron chi connectivity index (χ1n) is 6.93. The quantitative estimate of drug-likeness (QED) is 0.804. The Hall–Kier alpha value is -2.82. The molecule has 0 aliphatic rings. The Labute approximate surface area is 127 Å². The van der Waals surface area contributed by atoms with E-state index in [4.69, 9.17) is 4.74 Å². The van der Waals surface area contributed by atoms with Gasteiger partial charge in [0.15, 0.2) is 0 Å². The second-order valence-corrected chi connectivity index (χ2v) is 5.09. The maximum atomic E-state index is 11.2. The number of pyridine rings is 1. The summed E-state index contributed by atoms with van der Waals surface area (Å²) in [5.74, 6) is -0.0792. The van der Waals surface area contributed by atoms with Gasteiger partial charge in [0.2, 0.25) is 0 Å². The number of methoxy groups -OCH3 is 1. The molecule has 112 valence electrons. The van der Waals surface area contributed by atoms with Crippen molar-refractivity contribution in [1.82, 2.24) is 9.38 Å². The molecule has 2 heterocycles. The van der Waals surface area contributed by atoms with Gasteiger partial charge in [-0.05, 0) is 42.8 Å². The van der Waals surface area contributed by atoms with Gasteiger partial charge in [-0.15, -0.1) is 0 Å². The van der Waals surface area contributed by atoms with Gasteiger partial charge in [-0.1, -0.05) is 6.07 Å². The van der Waals surface area contributed by atoms with Crippen LogP contribution < -0.4 is 4.74 Å². The van der Waals surface area contributed by atoms with E-state index in [2.05, 4.69) is 4.98 Å². The predicted octanol–water partition coefficient (Wildman–Crippen LogP) is 2.95. The van der Waals surface area contributed by atoms with Gasteiger partial charge in [-0.3, -0.25) is 4.79 Å². The molecule has 0 bridgehead atoms. The summed E-state index contributed by atoms with van der Waals surface area (Å²) >= 11 is 0. The first-order chi connectivity index (χ1) is 10.6. The largest absolute Gasteiger partial charge is 0.496 e. The summed E-state index contributed by atoms with van der Waals surface area (Å²) in [6, 6.07) is 11.4. The van der Waals surface area contributed by atoms with E-state index in [-0.39, 0.29) is 6.42 Å². The van der Waals surface area contributed by atoms with Crippen LogP contribution in [0.3, 0.4) is 0 Å². The van der Waals surface area contributed by atoms with Gasteiger partial charge in [0, 0.05) is 11.8 Å². The molecule has 0 amide bonds. The topological polar surface area (TPSA) is 63.8 Å². The van der Waals surface area contributed by atoms with Gasteiger partial charge in [0.25, 0.3) is 0 Å². The first-order valence-corrected chi connectivity index (χ1v) is 6.93. The van der Waals surface area contributed by atoms with Crippen LogP contribution >= 0.6 is 0 Å². The number of carbonyl (C=O) groups is 1. The fraction of sp³-hybridized carbons (Fsp3) is 0.176. The number of rotatable bonds is 4. The number of carboxylic acid groups (broad SMARTS) is 1. The Morgan fingerprint density at radius 2 is 2.14 bits per heavy atom. The molecule has 0 unspecified atom stereocenters. The van der Waals surface area contributed by atoms with Crippen LogP contribution in [0, 0.1) is 6.92 Å². The van der Waals surface area contributed by atoms with Crippen LogP contribution in [-0.4, -0.2) is 27.6 Å². The zero-order valence-electron chi connectivity index (χ0n) is 12.4. The van der Waals surface area contributed by atoms with E-state index in [0.29, 0.717) is 11.4 Å². The Kier molecular flexibility index (Phi) is 3.55. The number of imidazole rings is 1. The number of aliphatic carboxylic acids is 1. The maximum Gasteiger partial charge on any atom is 0.309 e. The molecule has 0 aliphatic heterocycles. The number of benzene rings is 1. The third-order valence-electron chi connectivity index (χ3n) is 3.62. The van der Waals surface area contributed by atoms with Crippen LogP contribution in [0.15, 0.2) is 42.6 Å². The predicted molar refractivity (Wildman–Crippen MR) is 83.3 cm³/mol. The average Bonchev–Trinajstić information content (AvgIpc) is 2.85. The minimum absolute atomic E-state index is 0.0778. The van der Waals surface area contributed by atoms with Crippen LogP contribution in [0.1, 0.15) is 11.3 Å². The summed E-state index contributed by atoms with van der Waals surface area (Å²) < 4.78 is 7.09. The number of fused-ring (bicyclic) bond motifs is 1. The zero-order chi connectivity index (χ0) is 15.7. The molecule has 3 rings (SSSR count). The summed E-state index contributed by atoms with van der Waals surface area (Å²) in [6.45, 7) is 1.95. The minimum Gasteiger partial charge on any atom is -0.496 e. The number of aromatic nitrogens is 2. The highest BCUT2D eigenvalue weighted by atomic mass is 16.5. The van der Waals surface area contributed by atoms with Crippen molar-refractivity contribution in [1.29, 1.82) is 0 Å². The normalized spacial score (nSPS) is 10.8. The Balaban J connectivity index is 2.21. The van der Waals surface area contributed by atoms with Crippen molar-refractivity contribution in [3.8, 4) is 17.0 Å². The molecule has 0 fully saturated rings. The van der Waals surface area contributed by atoms with E-state index >= 15 is 0 Å². The lowest BCUT2D eigenvalue weighted by atomic mass is 10.1. The second-order valence-electron chi connectivity index (χ2n) is 5.09. The van der Waals surface area contributed by atoms with Crippen LogP contribution in [0.25, 0.3) is 16.9 Å². The molecule has 3 aromatic rings. The van der Waals surface area contributed by atoms with E-state index in [1.807, 2.05) is 53.9 Å². The molecule has 0 radical (unpaired) electrons. The van der Waals surface area contributed by atoms with Crippen molar-refractivity contribution in [3.05, 3.63) is 53.9 Å². The molecule has 5 heteroatoms. The number of carboxylic acids is 1. The van der Waals surface area contributed by atoms with Crippen molar-refractivity contribution in [2.45, 2.75) is 13.3 Å². The van der Waals surface area contributed by atoms with Crippen molar-refractivity contribution in [2.24, 2.45) is 0 Å². The standard InChI is InChI=1S/C17H16N2O3/c1-11-9-12(6-7-14(11)22-2)17-13(10-16(20)21)19-8-4-3-5-15(19)18-17/h3-9H,10H2,1-2H3,(H,20,21). The first kappa shape index (κ1) is 14.1. The fourth-order valence-electron chi connectivity index (χ4n) is 2.62. The Bertz CT molecular complexity index is 852. The maximum absolute atomic E-state index is 11.2. The van der Waals surface area contributed by atoms with Crippen LogP contribution in [0.4, 0.5) is 0 Å². The lowest BCUT2D eigenvalue weighted by molar-refractivity contribution is -0.136. The van der Waals surface area contributed by atoms with Gasteiger partial charge in [0.1, 0.15) is 11.4 Å². The van der Waals surface area contributed by atoms with Gasteiger partial charge in [0.05, 0.1) is 24.9 Å². The number of ether oxygens (including phenoxy) is 1. The molecule has 2 aromatic heterocycles. The number of nitrogens with zero attached hydrogens (tertiary/aromatic N) is 2. The van der Waals surface area contributed by atoms with E-state index in [9.17, 15) is 9.90 Å². The number of hydrogen-bond acceptors (Lipinski definition) is 3. The van der Waals surface area contributed by atoms with E-state index in [1.165, 1.54) is 0 Å². The number of hydrogen-bond donors (Lipinski definition) is 1. The highest BCUT2D eigenvalue weighted by molar-refractivity contribution is 5.76. The molecule has 0 atom stereocenters. The van der Waals surface area contributed by atoms with E-state index in [0.717, 1.165) is 22.5 Å². The lowest BCUT2D eigenvalue weighted by Gasteiger charge is -2.07. The summed E-state index contributed by atoms with van der Waals surface area (Å²) in [5.41, 5.74) is 3.98. The summed E-state index contributed by atoms with van der Waals surface area (Å²) in [6.07, 6.45) is 1.76. The zero-order valence-corrected chi connectivity index (χ0v) is 12.4. The summed E-state index contributed by atoms with van der Waals surface area (Å²) in [4.78, 5) is 15.8. The van der Waals surface area contributed by atoms with Crippen molar-refractivity contribution < 1.29 is 14.6 Å². The molecule has 0 spiro atoms. The van der Waals surface area contributed by atoms with Crippen LogP contribution in [-0.2, 0) is 11.2 Å². The van der Waals surface area contributed by atoms with Crippen molar-refractivity contribution in [2.75, 3.05) is 7.11 Å². The summed E-state index contributed by atoms with van der Waals surface area (Å²) in [5, 5.41) is 9.19. The van der Waals surface area contributed by atoms with Crippen molar-refractivity contribution in [3.63, 3.8) is 0 Å². The molecule has 22 heavy (non-hydrogen) atoms. The van der Waals surface area contributed by atoms with Gasteiger partial charge >= 0.3 is 5.97 Å².